The van der Waals surface area contributed by atoms with Gasteiger partial charge in [0.1, 0.15) is 17.2 Å². The first kappa shape index (κ1) is 14.5. The molecule has 118 valence electrons. The molecule has 4 aromatic rings. The topological polar surface area (TPSA) is 42.2 Å². The summed E-state index contributed by atoms with van der Waals surface area (Å²) in [5, 5.41) is 3.60. The van der Waals surface area contributed by atoms with E-state index in [4.69, 9.17) is 4.98 Å². The zero-order valence-corrected chi connectivity index (χ0v) is 13.7. The molecule has 3 aromatic heterocycles. The highest BCUT2D eigenvalue weighted by molar-refractivity contribution is 5.80. The molecule has 0 aliphatic carbocycles. The lowest BCUT2D eigenvalue weighted by Crippen LogP contribution is -2.00. The highest BCUT2D eigenvalue weighted by Crippen LogP contribution is 2.32. The van der Waals surface area contributed by atoms with Crippen LogP contribution in [0.25, 0.3) is 16.9 Å². The van der Waals surface area contributed by atoms with Crippen LogP contribution in [-0.4, -0.2) is 14.4 Å². The molecule has 3 heterocycles. The van der Waals surface area contributed by atoms with Crippen LogP contribution < -0.4 is 5.32 Å². The number of anilines is 2. The van der Waals surface area contributed by atoms with E-state index in [0.29, 0.717) is 0 Å². The second-order valence-electron chi connectivity index (χ2n) is 5.87. The first-order valence-electron chi connectivity index (χ1n) is 7.95. The van der Waals surface area contributed by atoms with Gasteiger partial charge in [-0.25, -0.2) is 4.98 Å². The van der Waals surface area contributed by atoms with Gasteiger partial charge in [0.15, 0.2) is 0 Å². The molecule has 4 nitrogen and oxygen atoms in total. The second kappa shape index (κ2) is 5.81. The molecule has 1 aromatic carbocycles. The Kier molecular flexibility index (Phi) is 3.50. The molecular weight excluding hydrogens is 296 g/mol. The molecule has 0 unspecified atom stereocenters. The maximum absolute atomic E-state index is 4.80. The molecule has 0 fully saturated rings. The number of nitrogens with zero attached hydrogens (tertiary/aromatic N) is 3. The Morgan fingerprint density at radius 2 is 1.75 bits per heavy atom. The molecule has 1 N–H and O–H groups in total. The predicted octanol–water partition coefficient (Wildman–Crippen LogP) is 4.76. The molecule has 4 heteroatoms. The molecule has 0 radical (unpaired) electrons. The smallest absolute Gasteiger partial charge is 0.143 e. The molecule has 0 aliphatic rings. The minimum absolute atomic E-state index is 0.900. The van der Waals surface area contributed by atoms with Crippen molar-refractivity contribution in [2.45, 2.75) is 13.8 Å². The average Bonchev–Trinajstić information content (AvgIpc) is 2.98. The van der Waals surface area contributed by atoms with Gasteiger partial charge in [0, 0.05) is 29.8 Å². The summed E-state index contributed by atoms with van der Waals surface area (Å²) in [7, 11) is 0. The summed E-state index contributed by atoms with van der Waals surface area (Å²) in [5.74, 6) is 0.955. The number of fused-ring (bicyclic) bond motifs is 1. The number of imidazole rings is 1. The van der Waals surface area contributed by atoms with Crippen molar-refractivity contribution in [2.24, 2.45) is 0 Å². The fourth-order valence-electron chi connectivity index (χ4n) is 2.95. The van der Waals surface area contributed by atoms with Crippen molar-refractivity contribution < 1.29 is 0 Å². The minimum atomic E-state index is 0.900. The van der Waals surface area contributed by atoms with Crippen molar-refractivity contribution in [3.8, 4) is 11.3 Å². The Balaban J connectivity index is 1.93. The number of nitrogens with one attached hydrogen (secondary N) is 1. The Morgan fingerprint density at radius 3 is 2.50 bits per heavy atom. The van der Waals surface area contributed by atoms with E-state index in [2.05, 4.69) is 46.7 Å². The van der Waals surface area contributed by atoms with E-state index < -0.39 is 0 Å². The number of aryl methyl sites for hydroxylation is 2. The summed E-state index contributed by atoms with van der Waals surface area (Å²) in [6, 6.07) is 16.3. The van der Waals surface area contributed by atoms with Gasteiger partial charge in [0.05, 0.1) is 0 Å². The lowest BCUT2D eigenvalue weighted by Gasteiger charge is -2.13. The van der Waals surface area contributed by atoms with Crippen LogP contribution in [-0.2, 0) is 0 Å². The van der Waals surface area contributed by atoms with Crippen molar-refractivity contribution in [3.05, 3.63) is 78.2 Å². The van der Waals surface area contributed by atoms with Crippen molar-refractivity contribution in [1.82, 2.24) is 14.4 Å². The summed E-state index contributed by atoms with van der Waals surface area (Å²) < 4.78 is 2.08. The van der Waals surface area contributed by atoms with E-state index in [9.17, 15) is 0 Å². The number of rotatable bonds is 3. The Labute approximate surface area is 140 Å². The first-order valence-corrected chi connectivity index (χ1v) is 7.95. The van der Waals surface area contributed by atoms with Gasteiger partial charge >= 0.3 is 0 Å². The third-order valence-corrected chi connectivity index (χ3v) is 4.19. The van der Waals surface area contributed by atoms with E-state index in [1.165, 1.54) is 11.1 Å². The lowest BCUT2D eigenvalue weighted by atomic mass is 10.1. The molecule has 24 heavy (non-hydrogen) atoms. The first-order chi connectivity index (χ1) is 11.7. The van der Waals surface area contributed by atoms with Gasteiger partial charge in [-0.2, -0.15) is 0 Å². The third kappa shape index (κ3) is 2.42. The molecule has 0 saturated heterocycles. The molecule has 4 rings (SSSR count). The van der Waals surface area contributed by atoms with Gasteiger partial charge in [-0.1, -0.05) is 24.3 Å². The summed E-state index contributed by atoms with van der Waals surface area (Å²) in [5.41, 5.74) is 6.33. The SMILES string of the molecule is Cc1cccc(C)c1Nc1c(-c2cccnc2)nc2ccccn12. The van der Waals surface area contributed by atoms with Crippen LogP contribution in [0.1, 0.15) is 11.1 Å². The number of aromatic nitrogens is 3. The number of hydrogen-bond donors (Lipinski definition) is 1. The molecule has 0 spiro atoms. The zero-order chi connectivity index (χ0) is 16.5. The normalized spacial score (nSPS) is 10.9. The van der Waals surface area contributed by atoms with Crippen LogP contribution in [0.4, 0.5) is 11.5 Å². The molecule has 0 aliphatic heterocycles. The fourth-order valence-corrected chi connectivity index (χ4v) is 2.95. The lowest BCUT2D eigenvalue weighted by molar-refractivity contribution is 1.18. The molecule has 0 atom stereocenters. The number of pyridine rings is 2. The monoisotopic (exact) mass is 314 g/mol. The van der Waals surface area contributed by atoms with Crippen molar-refractivity contribution in [1.29, 1.82) is 0 Å². The van der Waals surface area contributed by atoms with Gasteiger partial charge in [0.2, 0.25) is 0 Å². The van der Waals surface area contributed by atoms with E-state index in [-0.39, 0.29) is 0 Å². The number of hydrogen-bond acceptors (Lipinski definition) is 3. The molecule has 0 saturated carbocycles. The second-order valence-corrected chi connectivity index (χ2v) is 5.87. The Morgan fingerprint density at radius 1 is 0.917 bits per heavy atom. The van der Waals surface area contributed by atoms with Gasteiger partial charge in [0.25, 0.3) is 0 Å². The highest BCUT2D eigenvalue weighted by atomic mass is 15.1. The van der Waals surface area contributed by atoms with Gasteiger partial charge < -0.3 is 5.32 Å². The quantitative estimate of drug-likeness (QED) is 0.593. The minimum Gasteiger partial charge on any atom is -0.339 e. The standard InChI is InChI=1S/C20H18N4/c1-14-7-5-8-15(2)18(14)23-20-19(16-9-6-11-21-13-16)22-17-10-3-4-12-24(17)20/h3-13,23H,1-2H3. The molecule has 0 bridgehead atoms. The predicted molar refractivity (Wildman–Crippen MR) is 97.6 cm³/mol. The summed E-state index contributed by atoms with van der Waals surface area (Å²) >= 11 is 0. The number of benzene rings is 1. The van der Waals surface area contributed by atoms with Crippen molar-refractivity contribution in [3.63, 3.8) is 0 Å². The third-order valence-electron chi connectivity index (χ3n) is 4.19. The largest absolute Gasteiger partial charge is 0.339 e. The van der Waals surface area contributed by atoms with Crippen molar-refractivity contribution in [2.75, 3.05) is 5.32 Å². The summed E-state index contributed by atoms with van der Waals surface area (Å²) in [4.78, 5) is 9.04. The van der Waals surface area contributed by atoms with E-state index in [0.717, 1.165) is 28.4 Å². The zero-order valence-electron chi connectivity index (χ0n) is 13.7. The molecule has 0 amide bonds. The summed E-state index contributed by atoms with van der Waals surface area (Å²) in [6.45, 7) is 4.23. The number of para-hydroxylation sites is 1. The van der Waals surface area contributed by atoms with Crippen LogP contribution in [0.3, 0.4) is 0 Å². The van der Waals surface area contributed by atoms with Gasteiger partial charge in [-0.05, 0) is 49.2 Å². The van der Waals surface area contributed by atoms with Crippen molar-refractivity contribution >= 4 is 17.2 Å². The van der Waals surface area contributed by atoms with Crippen LogP contribution in [0, 0.1) is 13.8 Å². The van der Waals surface area contributed by atoms with E-state index in [1.807, 2.05) is 42.7 Å². The molecular formula is C20H18N4. The van der Waals surface area contributed by atoms with E-state index >= 15 is 0 Å². The Hall–Kier alpha value is -3.14. The summed E-state index contributed by atoms with van der Waals surface area (Å²) in [6.07, 6.45) is 5.65. The van der Waals surface area contributed by atoms with Crippen LogP contribution in [0.2, 0.25) is 0 Å². The average molecular weight is 314 g/mol. The van der Waals surface area contributed by atoms with Crippen LogP contribution in [0.15, 0.2) is 67.1 Å². The van der Waals surface area contributed by atoms with Crippen LogP contribution in [0.5, 0.6) is 0 Å². The van der Waals surface area contributed by atoms with Crippen LogP contribution >= 0.6 is 0 Å². The van der Waals surface area contributed by atoms with Gasteiger partial charge in [-0.3, -0.25) is 9.38 Å². The maximum Gasteiger partial charge on any atom is 0.143 e. The fraction of sp³-hybridized carbons (Fsp3) is 0.100. The van der Waals surface area contributed by atoms with E-state index in [1.54, 1.807) is 6.20 Å². The van der Waals surface area contributed by atoms with Gasteiger partial charge in [-0.15, -0.1) is 0 Å². The Bertz CT molecular complexity index is 983. The maximum atomic E-state index is 4.80. The highest BCUT2D eigenvalue weighted by Gasteiger charge is 2.15.